The van der Waals surface area contributed by atoms with Gasteiger partial charge < -0.3 is 24.3 Å². The van der Waals surface area contributed by atoms with Crippen molar-refractivity contribution in [2.75, 3.05) is 27.3 Å². The lowest BCUT2D eigenvalue weighted by molar-refractivity contribution is -0.163. The van der Waals surface area contributed by atoms with Gasteiger partial charge in [-0.25, -0.2) is 0 Å². The monoisotopic (exact) mass is 447 g/mol. The standard InChI is InChI=1S/C26H29N3O4/c1-26(2)24-18(17-7-5-6-8-19(17)27-24)14-20-25(31)28(15-23(30)29(20)26)12-11-16-9-10-21(32-3)22(13-16)33-4/h5-10,13,20,27H,11-12,14-15H2,1-4H3/t20-/m1/s1. The SMILES string of the molecule is COc1ccc(CCN2CC(=O)N3[C@H](Cc4c([nH]c5ccccc45)C3(C)C)C2=O)cc1OC. The molecule has 3 aromatic rings. The lowest BCUT2D eigenvalue weighted by Crippen LogP contribution is -2.67. The summed E-state index contributed by atoms with van der Waals surface area (Å²) in [7, 11) is 3.21. The van der Waals surface area contributed by atoms with Crippen LogP contribution in [-0.4, -0.2) is 59.9 Å². The minimum atomic E-state index is -0.584. The maximum absolute atomic E-state index is 13.6. The average Bonchev–Trinajstić information content (AvgIpc) is 3.19. The molecule has 2 aliphatic rings. The van der Waals surface area contributed by atoms with E-state index in [1.807, 2.05) is 50.2 Å². The molecule has 0 unspecified atom stereocenters. The van der Waals surface area contributed by atoms with Crippen molar-refractivity contribution in [2.24, 2.45) is 0 Å². The number of benzene rings is 2. The molecule has 1 N–H and O–H groups in total. The number of aromatic amines is 1. The van der Waals surface area contributed by atoms with Gasteiger partial charge in [-0.15, -0.1) is 0 Å². The van der Waals surface area contributed by atoms with Crippen LogP contribution in [0.1, 0.15) is 30.7 Å². The highest BCUT2D eigenvalue weighted by atomic mass is 16.5. The summed E-state index contributed by atoms with van der Waals surface area (Å²) in [5, 5.41) is 1.13. The highest BCUT2D eigenvalue weighted by Gasteiger charge is 2.51. The van der Waals surface area contributed by atoms with Crippen LogP contribution in [0, 0.1) is 0 Å². The van der Waals surface area contributed by atoms with Crippen LogP contribution in [0.3, 0.4) is 0 Å². The normalized spacial score (nSPS) is 19.5. The number of fused-ring (bicyclic) bond motifs is 4. The van der Waals surface area contributed by atoms with Gasteiger partial charge in [0.05, 0.1) is 26.3 Å². The number of carbonyl (C=O) groups is 2. The Morgan fingerprint density at radius 3 is 2.58 bits per heavy atom. The molecular weight excluding hydrogens is 418 g/mol. The van der Waals surface area contributed by atoms with Crippen LogP contribution in [0.25, 0.3) is 10.9 Å². The molecule has 33 heavy (non-hydrogen) atoms. The predicted molar refractivity (Wildman–Crippen MR) is 125 cm³/mol. The Hall–Kier alpha value is -3.48. The highest BCUT2D eigenvalue weighted by Crippen LogP contribution is 2.42. The number of nitrogens with one attached hydrogen (secondary N) is 1. The molecule has 2 aromatic carbocycles. The van der Waals surface area contributed by atoms with Gasteiger partial charge in [-0.2, -0.15) is 0 Å². The Bertz CT molecular complexity index is 1250. The van der Waals surface area contributed by atoms with Crippen molar-refractivity contribution >= 4 is 22.7 Å². The van der Waals surface area contributed by atoms with Crippen molar-refractivity contribution in [3.63, 3.8) is 0 Å². The van der Waals surface area contributed by atoms with Gasteiger partial charge in [0.25, 0.3) is 0 Å². The number of ether oxygens (including phenoxy) is 2. The molecule has 0 bridgehead atoms. The minimum Gasteiger partial charge on any atom is -0.493 e. The van der Waals surface area contributed by atoms with E-state index in [-0.39, 0.29) is 18.4 Å². The molecule has 1 saturated heterocycles. The van der Waals surface area contributed by atoms with E-state index in [1.54, 1.807) is 24.0 Å². The third kappa shape index (κ3) is 3.34. The molecule has 0 saturated carbocycles. The third-order valence-corrected chi connectivity index (χ3v) is 7.05. The Labute approximate surface area is 193 Å². The topological polar surface area (TPSA) is 74.9 Å². The number of carbonyl (C=O) groups excluding carboxylic acids is 2. The molecule has 2 aliphatic heterocycles. The smallest absolute Gasteiger partial charge is 0.246 e. The van der Waals surface area contributed by atoms with Gasteiger partial charge in [0.1, 0.15) is 6.04 Å². The summed E-state index contributed by atoms with van der Waals surface area (Å²) < 4.78 is 10.7. The maximum atomic E-state index is 13.6. The maximum Gasteiger partial charge on any atom is 0.246 e. The van der Waals surface area contributed by atoms with Crippen molar-refractivity contribution in [3.8, 4) is 11.5 Å². The lowest BCUT2D eigenvalue weighted by Gasteiger charge is -2.51. The summed E-state index contributed by atoms with van der Waals surface area (Å²) in [5.41, 5.74) is 3.65. The van der Waals surface area contributed by atoms with Crippen molar-refractivity contribution < 1.29 is 19.1 Å². The molecule has 172 valence electrons. The van der Waals surface area contributed by atoms with Crippen LogP contribution in [-0.2, 0) is 28.0 Å². The quantitative estimate of drug-likeness (QED) is 0.652. The number of hydrogen-bond acceptors (Lipinski definition) is 4. The van der Waals surface area contributed by atoms with E-state index in [2.05, 4.69) is 11.1 Å². The van der Waals surface area contributed by atoms with Crippen LogP contribution < -0.4 is 9.47 Å². The van der Waals surface area contributed by atoms with Crippen LogP contribution in [0.2, 0.25) is 0 Å². The number of amides is 2. The average molecular weight is 448 g/mol. The fourth-order valence-corrected chi connectivity index (χ4v) is 5.43. The molecule has 7 nitrogen and oxygen atoms in total. The second-order valence-corrected chi connectivity index (χ2v) is 9.27. The van der Waals surface area contributed by atoms with Crippen molar-refractivity contribution in [3.05, 3.63) is 59.3 Å². The number of piperazine rings is 1. The van der Waals surface area contributed by atoms with E-state index in [1.165, 1.54) is 0 Å². The summed E-state index contributed by atoms with van der Waals surface area (Å²) in [6, 6.07) is 13.4. The van der Waals surface area contributed by atoms with Crippen molar-refractivity contribution in [2.45, 2.75) is 38.3 Å². The molecule has 0 aliphatic carbocycles. The molecule has 0 spiro atoms. The molecule has 5 rings (SSSR count). The van der Waals surface area contributed by atoms with E-state index in [0.29, 0.717) is 30.9 Å². The van der Waals surface area contributed by atoms with Crippen LogP contribution in [0.5, 0.6) is 11.5 Å². The number of H-pyrrole nitrogens is 1. The van der Waals surface area contributed by atoms with Crippen LogP contribution in [0.15, 0.2) is 42.5 Å². The van der Waals surface area contributed by atoms with E-state index >= 15 is 0 Å². The van der Waals surface area contributed by atoms with Gasteiger partial charge in [0.15, 0.2) is 11.5 Å². The number of nitrogens with zero attached hydrogens (tertiary/aromatic N) is 2. The zero-order chi connectivity index (χ0) is 23.3. The number of hydrogen-bond donors (Lipinski definition) is 1. The molecule has 1 aromatic heterocycles. The summed E-state index contributed by atoms with van der Waals surface area (Å²) in [6.45, 7) is 4.63. The zero-order valence-electron chi connectivity index (χ0n) is 19.5. The first-order valence-electron chi connectivity index (χ1n) is 11.3. The Balaban J connectivity index is 1.41. The number of aromatic nitrogens is 1. The summed E-state index contributed by atoms with van der Waals surface area (Å²) >= 11 is 0. The molecule has 1 atom stereocenters. The summed E-state index contributed by atoms with van der Waals surface area (Å²) in [6.07, 6.45) is 1.16. The van der Waals surface area contributed by atoms with Gasteiger partial charge in [-0.3, -0.25) is 9.59 Å². The second-order valence-electron chi connectivity index (χ2n) is 9.27. The second kappa shape index (κ2) is 7.83. The Kier molecular flexibility index (Phi) is 5.07. The largest absolute Gasteiger partial charge is 0.493 e. The van der Waals surface area contributed by atoms with E-state index in [9.17, 15) is 9.59 Å². The van der Waals surface area contributed by atoms with Gasteiger partial charge in [0.2, 0.25) is 11.8 Å². The Morgan fingerprint density at radius 1 is 1.06 bits per heavy atom. The fourth-order valence-electron chi connectivity index (χ4n) is 5.43. The molecule has 3 heterocycles. The summed E-state index contributed by atoms with van der Waals surface area (Å²) in [5.74, 6) is 1.32. The van der Waals surface area contributed by atoms with Crippen molar-refractivity contribution in [1.82, 2.24) is 14.8 Å². The number of methoxy groups -OCH3 is 2. The summed E-state index contributed by atoms with van der Waals surface area (Å²) in [4.78, 5) is 33.9. The van der Waals surface area contributed by atoms with E-state index < -0.39 is 11.6 Å². The number of para-hydroxylation sites is 1. The molecule has 7 heteroatoms. The van der Waals surface area contributed by atoms with Crippen LogP contribution >= 0.6 is 0 Å². The van der Waals surface area contributed by atoms with Crippen LogP contribution in [0.4, 0.5) is 0 Å². The van der Waals surface area contributed by atoms with Gasteiger partial charge in [-0.1, -0.05) is 24.3 Å². The van der Waals surface area contributed by atoms with Gasteiger partial charge in [0, 0.05) is 29.6 Å². The fraction of sp³-hybridized carbons (Fsp3) is 0.385. The molecular formula is C26H29N3O4. The van der Waals surface area contributed by atoms with Gasteiger partial charge in [-0.05, 0) is 49.6 Å². The lowest BCUT2D eigenvalue weighted by atomic mass is 9.82. The first kappa shape index (κ1) is 21.4. The molecule has 0 radical (unpaired) electrons. The predicted octanol–water partition coefficient (Wildman–Crippen LogP) is 3.26. The van der Waals surface area contributed by atoms with Crippen molar-refractivity contribution in [1.29, 1.82) is 0 Å². The van der Waals surface area contributed by atoms with Gasteiger partial charge >= 0.3 is 0 Å². The first-order chi connectivity index (χ1) is 15.8. The first-order valence-corrected chi connectivity index (χ1v) is 11.3. The minimum absolute atomic E-state index is 0.0128. The van der Waals surface area contributed by atoms with E-state index in [0.717, 1.165) is 27.7 Å². The molecule has 1 fully saturated rings. The molecule has 2 amide bonds. The third-order valence-electron chi connectivity index (χ3n) is 7.05. The number of rotatable bonds is 5. The van der Waals surface area contributed by atoms with E-state index in [4.69, 9.17) is 9.47 Å². The zero-order valence-corrected chi connectivity index (χ0v) is 19.5. The highest BCUT2D eigenvalue weighted by molar-refractivity contribution is 5.97. The Morgan fingerprint density at radius 2 is 1.82 bits per heavy atom.